The maximum Gasteiger partial charge on any atom is 0.260 e. The third kappa shape index (κ3) is 3.41. The van der Waals surface area contributed by atoms with Crippen molar-refractivity contribution in [2.24, 2.45) is 0 Å². The summed E-state index contributed by atoms with van der Waals surface area (Å²) in [6.07, 6.45) is 1.57. The van der Waals surface area contributed by atoms with Gasteiger partial charge in [-0.05, 0) is 36.4 Å². The fourth-order valence-corrected chi connectivity index (χ4v) is 2.73. The molecule has 5 heteroatoms. The zero-order chi connectivity index (χ0) is 16.2. The first-order valence-electron chi connectivity index (χ1n) is 7.00. The molecule has 0 aliphatic carbocycles. The molecule has 0 atom stereocenters. The number of nitrogens with zero attached hydrogens (tertiary/aromatic N) is 1. The summed E-state index contributed by atoms with van der Waals surface area (Å²) in [5.41, 5.74) is 1.02. The fourth-order valence-electron chi connectivity index (χ4n) is 2.28. The SMILES string of the molecule is O=C(c1ccccc1Cl)N(Cc1ccco1)c1ccccc1Cl. The Kier molecular flexibility index (Phi) is 4.70. The van der Waals surface area contributed by atoms with Crippen molar-refractivity contribution in [3.63, 3.8) is 0 Å². The third-order valence-electron chi connectivity index (χ3n) is 3.39. The van der Waals surface area contributed by atoms with Crippen LogP contribution >= 0.6 is 23.2 Å². The highest BCUT2D eigenvalue weighted by Crippen LogP contribution is 2.29. The van der Waals surface area contributed by atoms with Crippen molar-refractivity contribution < 1.29 is 9.21 Å². The molecule has 0 fully saturated rings. The summed E-state index contributed by atoms with van der Waals surface area (Å²) in [5.74, 6) is 0.422. The van der Waals surface area contributed by atoms with Crippen molar-refractivity contribution in [3.05, 3.63) is 88.3 Å². The van der Waals surface area contributed by atoms with E-state index in [1.54, 1.807) is 53.6 Å². The van der Waals surface area contributed by atoms with Gasteiger partial charge in [0.15, 0.2) is 0 Å². The molecule has 0 saturated carbocycles. The standard InChI is InChI=1S/C18H13Cl2NO2/c19-15-8-2-1-7-14(15)18(22)21(12-13-6-5-11-23-13)17-10-4-3-9-16(17)20/h1-11H,12H2. The Morgan fingerprint density at radius 2 is 1.61 bits per heavy atom. The van der Waals surface area contributed by atoms with Crippen LogP contribution in [0.2, 0.25) is 10.0 Å². The van der Waals surface area contributed by atoms with Gasteiger partial charge in [0.2, 0.25) is 0 Å². The Labute approximate surface area is 144 Å². The zero-order valence-electron chi connectivity index (χ0n) is 12.1. The lowest BCUT2D eigenvalue weighted by Gasteiger charge is -2.23. The van der Waals surface area contributed by atoms with Crippen LogP contribution in [0, 0.1) is 0 Å². The number of halogens is 2. The monoisotopic (exact) mass is 345 g/mol. The van der Waals surface area contributed by atoms with E-state index >= 15 is 0 Å². The topological polar surface area (TPSA) is 33.5 Å². The summed E-state index contributed by atoms with van der Waals surface area (Å²) in [5, 5.41) is 0.883. The average molecular weight is 346 g/mol. The van der Waals surface area contributed by atoms with Crippen molar-refractivity contribution in [1.29, 1.82) is 0 Å². The van der Waals surface area contributed by atoms with Crippen molar-refractivity contribution in [3.8, 4) is 0 Å². The van der Waals surface area contributed by atoms with Gasteiger partial charge in [-0.3, -0.25) is 9.69 Å². The van der Waals surface area contributed by atoms with Gasteiger partial charge in [-0.1, -0.05) is 47.5 Å². The molecule has 3 aromatic rings. The van der Waals surface area contributed by atoms with E-state index < -0.39 is 0 Å². The number of hydrogen-bond donors (Lipinski definition) is 0. The molecule has 0 radical (unpaired) electrons. The first kappa shape index (κ1) is 15.7. The number of amides is 1. The molecule has 0 saturated heterocycles. The highest BCUT2D eigenvalue weighted by molar-refractivity contribution is 6.36. The first-order valence-corrected chi connectivity index (χ1v) is 7.75. The zero-order valence-corrected chi connectivity index (χ0v) is 13.6. The van der Waals surface area contributed by atoms with Crippen LogP contribution in [-0.2, 0) is 6.54 Å². The van der Waals surface area contributed by atoms with Crippen molar-refractivity contribution in [2.75, 3.05) is 4.90 Å². The van der Waals surface area contributed by atoms with Crippen LogP contribution in [0.1, 0.15) is 16.1 Å². The van der Waals surface area contributed by atoms with Crippen LogP contribution in [0.3, 0.4) is 0 Å². The first-order chi connectivity index (χ1) is 11.2. The van der Waals surface area contributed by atoms with Crippen molar-refractivity contribution in [1.82, 2.24) is 0 Å². The van der Waals surface area contributed by atoms with Crippen LogP contribution in [0.15, 0.2) is 71.3 Å². The lowest BCUT2D eigenvalue weighted by atomic mass is 10.1. The maximum atomic E-state index is 13.0. The van der Waals surface area contributed by atoms with E-state index in [0.29, 0.717) is 27.1 Å². The predicted molar refractivity (Wildman–Crippen MR) is 92.1 cm³/mol. The van der Waals surface area contributed by atoms with E-state index in [0.717, 1.165) is 0 Å². The Hall–Kier alpha value is -2.23. The van der Waals surface area contributed by atoms with Crippen LogP contribution in [-0.4, -0.2) is 5.91 Å². The van der Waals surface area contributed by atoms with Gasteiger partial charge in [0.1, 0.15) is 5.76 Å². The normalized spacial score (nSPS) is 10.5. The number of anilines is 1. The maximum absolute atomic E-state index is 13.0. The van der Waals surface area contributed by atoms with Gasteiger partial charge in [-0.15, -0.1) is 0 Å². The second kappa shape index (κ2) is 6.90. The third-order valence-corrected chi connectivity index (χ3v) is 4.04. The van der Waals surface area contributed by atoms with Gasteiger partial charge >= 0.3 is 0 Å². The Morgan fingerprint density at radius 3 is 2.26 bits per heavy atom. The highest BCUT2D eigenvalue weighted by Gasteiger charge is 2.22. The summed E-state index contributed by atoms with van der Waals surface area (Å²) < 4.78 is 5.37. The molecular formula is C18H13Cl2NO2. The minimum absolute atomic E-state index is 0.236. The van der Waals surface area contributed by atoms with E-state index in [-0.39, 0.29) is 12.5 Å². The fraction of sp³-hybridized carbons (Fsp3) is 0.0556. The lowest BCUT2D eigenvalue weighted by Crippen LogP contribution is -2.30. The van der Waals surface area contributed by atoms with Crippen LogP contribution in [0.5, 0.6) is 0 Å². The summed E-state index contributed by atoms with van der Waals surface area (Å²) in [6, 6.07) is 17.7. The number of carbonyl (C=O) groups excluding carboxylic acids is 1. The summed E-state index contributed by atoms with van der Waals surface area (Å²) in [7, 11) is 0. The minimum atomic E-state index is -0.236. The second-order valence-electron chi connectivity index (χ2n) is 4.90. The van der Waals surface area contributed by atoms with Gasteiger partial charge in [0.25, 0.3) is 5.91 Å². The van der Waals surface area contributed by atoms with E-state index in [1.807, 2.05) is 18.2 Å². The molecule has 0 N–H and O–H groups in total. The Morgan fingerprint density at radius 1 is 0.913 bits per heavy atom. The van der Waals surface area contributed by atoms with E-state index in [9.17, 15) is 4.79 Å². The summed E-state index contributed by atoms with van der Waals surface area (Å²) in [6.45, 7) is 0.265. The largest absolute Gasteiger partial charge is 0.467 e. The van der Waals surface area contributed by atoms with E-state index in [1.165, 1.54) is 0 Å². The Balaban J connectivity index is 2.03. The molecule has 2 aromatic carbocycles. The van der Waals surface area contributed by atoms with E-state index in [4.69, 9.17) is 27.6 Å². The molecule has 1 aromatic heterocycles. The van der Waals surface area contributed by atoms with Gasteiger partial charge < -0.3 is 4.42 Å². The van der Waals surface area contributed by atoms with Crippen LogP contribution in [0.4, 0.5) is 5.69 Å². The number of furan rings is 1. The van der Waals surface area contributed by atoms with E-state index in [2.05, 4.69) is 0 Å². The molecule has 3 rings (SSSR count). The molecule has 0 unspecified atom stereocenters. The summed E-state index contributed by atoms with van der Waals surface area (Å²) >= 11 is 12.4. The van der Waals surface area contributed by atoms with Crippen molar-refractivity contribution in [2.45, 2.75) is 6.54 Å². The van der Waals surface area contributed by atoms with Gasteiger partial charge in [0, 0.05) is 0 Å². The quantitative estimate of drug-likeness (QED) is 0.631. The number of benzene rings is 2. The number of carbonyl (C=O) groups is 1. The van der Waals surface area contributed by atoms with Crippen molar-refractivity contribution >= 4 is 34.8 Å². The van der Waals surface area contributed by atoms with Gasteiger partial charge in [0.05, 0.1) is 34.1 Å². The van der Waals surface area contributed by atoms with Crippen LogP contribution < -0.4 is 4.90 Å². The average Bonchev–Trinajstić information content (AvgIpc) is 3.06. The predicted octanol–water partition coefficient (Wildman–Crippen LogP) is 5.43. The summed E-state index contributed by atoms with van der Waals surface area (Å²) in [4.78, 5) is 14.5. The van der Waals surface area contributed by atoms with Crippen LogP contribution in [0.25, 0.3) is 0 Å². The number of para-hydroxylation sites is 1. The molecule has 1 heterocycles. The molecule has 1 amide bonds. The number of rotatable bonds is 4. The molecule has 0 bridgehead atoms. The smallest absolute Gasteiger partial charge is 0.260 e. The highest BCUT2D eigenvalue weighted by atomic mass is 35.5. The molecular weight excluding hydrogens is 333 g/mol. The van der Waals surface area contributed by atoms with Gasteiger partial charge in [-0.25, -0.2) is 0 Å². The second-order valence-corrected chi connectivity index (χ2v) is 5.72. The lowest BCUT2D eigenvalue weighted by molar-refractivity contribution is 0.0983. The molecule has 23 heavy (non-hydrogen) atoms. The Bertz CT molecular complexity index is 815. The number of hydrogen-bond acceptors (Lipinski definition) is 2. The molecule has 0 aliphatic heterocycles. The molecule has 0 aliphatic rings. The molecule has 116 valence electrons. The minimum Gasteiger partial charge on any atom is -0.467 e. The molecule has 3 nitrogen and oxygen atoms in total. The van der Waals surface area contributed by atoms with Gasteiger partial charge in [-0.2, -0.15) is 0 Å². The molecule has 0 spiro atoms.